The summed E-state index contributed by atoms with van der Waals surface area (Å²) in [7, 11) is 0. The van der Waals surface area contributed by atoms with Gasteiger partial charge in [-0.3, -0.25) is 4.90 Å². The third-order valence-electron chi connectivity index (χ3n) is 4.86. The lowest BCUT2D eigenvalue weighted by molar-refractivity contribution is 0.263. The van der Waals surface area contributed by atoms with Gasteiger partial charge in [0.25, 0.3) is 0 Å². The molecular formula is C19H20FN3S. The van der Waals surface area contributed by atoms with Crippen LogP contribution in [0.25, 0.3) is 21.3 Å². The fourth-order valence-electron chi connectivity index (χ4n) is 3.49. The highest BCUT2D eigenvalue weighted by Crippen LogP contribution is 2.33. The zero-order valence-corrected chi connectivity index (χ0v) is 14.4. The number of fused-ring (bicyclic) bond motifs is 1. The van der Waals surface area contributed by atoms with Crippen LogP contribution in [-0.2, 0) is 0 Å². The lowest BCUT2D eigenvalue weighted by atomic mass is 9.99. The first kappa shape index (κ1) is 15.5. The molecule has 24 heavy (non-hydrogen) atoms. The zero-order valence-electron chi connectivity index (χ0n) is 13.6. The highest BCUT2D eigenvalue weighted by atomic mass is 32.1. The highest BCUT2D eigenvalue weighted by molar-refractivity contribution is 7.22. The summed E-state index contributed by atoms with van der Waals surface area (Å²) in [5.41, 5.74) is 9.27. The lowest BCUT2D eigenvalue weighted by Crippen LogP contribution is -2.23. The number of nitrogen functional groups attached to an aromatic ring is 1. The van der Waals surface area contributed by atoms with E-state index in [2.05, 4.69) is 35.0 Å². The summed E-state index contributed by atoms with van der Waals surface area (Å²) in [5.74, 6) is -0.312. The van der Waals surface area contributed by atoms with Crippen molar-refractivity contribution >= 4 is 26.7 Å². The Morgan fingerprint density at radius 1 is 1.17 bits per heavy atom. The van der Waals surface area contributed by atoms with Gasteiger partial charge in [0, 0.05) is 6.04 Å². The molecule has 1 fully saturated rings. The molecule has 3 nitrogen and oxygen atoms in total. The second-order valence-corrected chi connectivity index (χ2v) is 7.46. The smallest absolute Gasteiger partial charge is 0.181 e. The van der Waals surface area contributed by atoms with Crippen molar-refractivity contribution in [1.82, 2.24) is 9.88 Å². The van der Waals surface area contributed by atoms with Crippen molar-refractivity contribution in [2.75, 3.05) is 18.8 Å². The summed E-state index contributed by atoms with van der Waals surface area (Å²) in [4.78, 5) is 6.57. The Morgan fingerprint density at radius 3 is 2.75 bits per heavy atom. The molecule has 2 N–H and O–H groups in total. The molecule has 0 aliphatic carbocycles. The third-order valence-corrected chi connectivity index (χ3v) is 5.69. The number of aromatic nitrogens is 1. The average molecular weight is 341 g/mol. The summed E-state index contributed by atoms with van der Waals surface area (Å²) in [6, 6.07) is 12.3. The van der Waals surface area contributed by atoms with Crippen LogP contribution in [0, 0.1) is 5.82 Å². The van der Waals surface area contributed by atoms with E-state index in [1.165, 1.54) is 29.7 Å². The van der Waals surface area contributed by atoms with Crippen LogP contribution in [0.2, 0.25) is 0 Å². The molecule has 1 atom stereocenters. The summed E-state index contributed by atoms with van der Waals surface area (Å²) < 4.78 is 15.1. The minimum absolute atomic E-state index is 0.312. The van der Waals surface area contributed by atoms with Crippen molar-refractivity contribution < 1.29 is 4.39 Å². The Kier molecular flexibility index (Phi) is 3.98. The number of anilines is 1. The van der Waals surface area contributed by atoms with E-state index < -0.39 is 0 Å². The van der Waals surface area contributed by atoms with Gasteiger partial charge in [-0.1, -0.05) is 29.5 Å². The molecule has 0 saturated carbocycles. The van der Waals surface area contributed by atoms with E-state index >= 15 is 0 Å². The van der Waals surface area contributed by atoms with Gasteiger partial charge in [-0.2, -0.15) is 0 Å². The highest BCUT2D eigenvalue weighted by Gasteiger charge is 2.19. The molecule has 1 aromatic heterocycles. The number of rotatable bonds is 3. The normalized spacial score (nSPS) is 16.8. The second-order valence-electron chi connectivity index (χ2n) is 6.40. The average Bonchev–Trinajstić information content (AvgIpc) is 3.23. The first-order valence-corrected chi connectivity index (χ1v) is 9.13. The van der Waals surface area contributed by atoms with Gasteiger partial charge < -0.3 is 5.73 Å². The predicted molar refractivity (Wildman–Crippen MR) is 98.6 cm³/mol. The van der Waals surface area contributed by atoms with E-state index in [1.54, 1.807) is 6.07 Å². The molecule has 2 aromatic carbocycles. The number of nitrogens with two attached hydrogens (primary N) is 1. The maximum Gasteiger partial charge on any atom is 0.181 e. The summed E-state index contributed by atoms with van der Waals surface area (Å²) in [6.45, 7) is 4.57. The van der Waals surface area contributed by atoms with E-state index in [-0.39, 0.29) is 5.82 Å². The van der Waals surface area contributed by atoms with Gasteiger partial charge in [0.15, 0.2) is 10.9 Å². The van der Waals surface area contributed by atoms with Crippen LogP contribution in [0.3, 0.4) is 0 Å². The molecule has 0 bridgehead atoms. The fourth-order valence-corrected chi connectivity index (χ4v) is 4.28. The molecular weight excluding hydrogens is 321 g/mol. The maximum absolute atomic E-state index is 14.3. The Balaban J connectivity index is 1.72. The zero-order chi connectivity index (χ0) is 16.7. The van der Waals surface area contributed by atoms with Crippen molar-refractivity contribution in [3.05, 3.63) is 47.8 Å². The summed E-state index contributed by atoms with van der Waals surface area (Å²) >= 11 is 1.32. The van der Waals surface area contributed by atoms with Gasteiger partial charge in [0.2, 0.25) is 0 Å². The lowest BCUT2D eigenvalue weighted by Gasteiger charge is -2.24. The molecule has 124 valence electrons. The van der Waals surface area contributed by atoms with Gasteiger partial charge >= 0.3 is 0 Å². The predicted octanol–water partition coefficient (Wildman–Crippen LogP) is 4.84. The SMILES string of the molecule is C[C@H](c1cccc(-c2cc(F)c3nc(N)sc3c2)c1)N1CCCC1. The summed E-state index contributed by atoms with van der Waals surface area (Å²) in [6.07, 6.45) is 2.55. The molecule has 1 aliphatic heterocycles. The maximum atomic E-state index is 14.3. The monoisotopic (exact) mass is 341 g/mol. The van der Waals surface area contributed by atoms with Crippen LogP contribution in [-0.4, -0.2) is 23.0 Å². The quantitative estimate of drug-likeness (QED) is 0.741. The van der Waals surface area contributed by atoms with E-state index in [0.717, 1.165) is 28.9 Å². The molecule has 0 radical (unpaired) electrons. The largest absolute Gasteiger partial charge is 0.375 e. The van der Waals surface area contributed by atoms with Gasteiger partial charge in [-0.25, -0.2) is 9.37 Å². The van der Waals surface area contributed by atoms with Crippen LogP contribution in [0.5, 0.6) is 0 Å². The number of thiazole rings is 1. The number of nitrogens with zero attached hydrogens (tertiary/aromatic N) is 2. The molecule has 1 saturated heterocycles. The second kappa shape index (κ2) is 6.15. The van der Waals surface area contributed by atoms with Crippen molar-refractivity contribution in [3.8, 4) is 11.1 Å². The van der Waals surface area contributed by atoms with Gasteiger partial charge in [-0.05, 0) is 67.7 Å². The number of hydrogen-bond donors (Lipinski definition) is 1. The molecule has 2 heterocycles. The minimum Gasteiger partial charge on any atom is -0.375 e. The molecule has 1 aliphatic rings. The first-order valence-electron chi connectivity index (χ1n) is 8.32. The molecule has 0 unspecified atom stereocenters. The van der Waals surface area contributed by atoms with E-state index in [9.17, 15) is 4.39 Å². The van der Waals surface area contributed by atoms with Crippen LogP contribution < -0.4 is 5.73 Å². The van der Waals surface area contributed by atoms with E-state index in [1.807, 2.05) is 12.1 Å². The van der Waals surface area contributed by atoms with E-state index in [0.29, 0.717) is 16.7 Å². The van der Waals surface area contributed by atoms with Gasteiger partial charge in [0.05, 0.1) is 4.70 Å². The Labute approximate surface area is 144 Å². The Morgan fingerprint density at radius 2 is 1.96 bits per heavy atom. The van der Waals surface area contributed by atoms with Crippen molar-refractivity contribution in [3.63, 3.8) is 0 Å². The molecule has 0 amide bonds. The van der Waals surface area contributed by atoms with E-state index in [4.69, 9.17) is 5.73 Å². The molecule has 3 aromatic rings. The standard InChI is InChI=1S/C19H20FN3S/c1-12(23-7-2-3-8-23)13-5-4-6-14(9-13)15-10-16(20)18-17(11-15)24-19(21)22-18/h4-6,9-12H,2-3,7-8H2,1H3,(H2,21,22)/t12-/m1/s1. The van der Waals surface area contributed by atoms with Crippen molar-refractivity contribution in [2.24, 2.45) is 0 Å². The van der Waals surface area contributed by atoms with Crippen LogP contribution in [0.15, 0.2) is 36.4 Å². The van der Waals surface area contributed by atoms with Crippen molar-refractivity contribution in [1.29, 1.82) is 0 Å². The van der Waals surface area contributed by atoms with Gasteiger partial charge in [-0.15, -0.1) is 0 Å². The first-order chi connectivity index (χ1) is 11.6. The van der Waals surface area contributed by atoms with Crippen LogP contribution in [0.1, 0.15) is 31.4 Å². The fraction of sp³-hybridized carbons (Fsp3) is 0.316. The molecule has 4 rings (SSSR count). The topological polar surface area (TPSA) is 42.1 Å². The number of halogens is 1. The molecule has 0 spiro atoms. The number of hydrogen-bond acceptors (Lipinski definition) is 4. The Hall–Kier alpha value is -1.98. The number of likely N-dealkylation sites (tertiary alicyclic amines) is 1. The van der Waals surface area contributed by atoms with Crippen LogP contribution >= 0.6 is 11.3 Å². The summed E-state index contributed by atoms with van der Waals surface area (Å²) in [5, 5.41) is 0.400. The minimum atomic E-state index is -0.312. The molecule has 5 heteroatoms. The Bertz CT molecular complexity index is 883. The van der Waals surface area contributed by atoms with Crippen LogP contribution in [0.4, 0.5) is 9.52 Å². The van der Waals surface area contributed by atoms with Crippen molar-refractivity contribution in [2.45, 2.75) is 25.8 Å². The van der Waals surface area contributed by atoms with Gasteiger partial charge in [0.1, 0.15) is 5.52 Å². The number of benzene rings is 2. The third kappa shape index (κ3) is 2.78.